The van der Waals surface area contributed by atoms with E-state index in [0.717, 1.165) is 16.5 Å². The van der Waals surface area contributed by atoms with E-state index in [2.05, 4.69) is 0 Å². The summed E-state index contributed by atoms with van der Waals surface area (Å²) in [5, 5.41) is 1.65. The van der Waals surface area contributed by atoms with Crippen LogP contribution in [0.25, 0.3) is 10.9 Å². The first-order valence-corrected chi connectivity index (χ1v) is 5.85. The lowest BCUT2D eigenvalue weighted by Gasteiger charge is -2.13. The number of rotatable bonds is 1. The average Bonchev–Trinajstić information content (AvgIpc) is 2.27. The van der Waals surface area contributed by atoms with E-state index in [4.69, 9.17) is 17.3 Å². The van der Waals surface area contributed by atoms with E-state index in [1.807, 2.05) is 32.0 Å². The van der Waals surface area contributed by atoms with Crippen molar-refractivity contribution in [3.8, 4) is 0 Å². The van der Waals surface area contributed by atoms with Crippen molar-refractivity contribution in [2.24, 2.45) is 12.8 Å². The highest BCUT2D eigenvalue weighted by molar-refractivity contribution is 6.32. The largest absolute Gasteiger partial charge is 0.324 e. The van der Waals surface area contributed by atoms with Crippen LogP contribution in [0.1, 0.15) is 24.1 Å². The molecule has 1 atom stereocenters. The Morgan fingerprint density at radius 3 is 2.65 bits per heavy atom. The molecule has 1 aromatic carbocycles. The highest BCUT2D eigenvalue weighted by Gasteiger charge is 2.12. The quantitative estimate of drug-likeness (QED) is 0.846. The molecule has 2 N–H and O–H groups in total. The molecule has 0 saturated carbocycles. The molecular weight excluding hydrogens is 236 g/mol. The van der Waals surface area contributed by atoms with Crippen molar-refractivity contribution >= 4 is 22.5 Å². The van der Waals surface area contributed by atoms with Crippen molar-refractivity contribution in [3.05, 3.63) is 44.7 Å². The van der Waals surface area contributed by atoms with Gasteiger partial charge in [0.25, 0.3) is 5.56 Å². The zero-order valence-corrected chi connectivity index (χ0v) is 10.9. The second kappa shape index (κ2) is 4.17. The number of hydrogen-bond acceptors (Lipinski definition) is 2. The van der Waals surface area contributed by atoms with Crippen molar-refractivity contribution < 1.29 is 0 Å². The van der Waals surface area contributed by atoms with Gasteiger partial charge in [0, 0.05) is 23.7 Å². The van der Waals surface area contributed by atoms with Gasteiger partial charge in [-0.15, -0.1) is 0 Å². The summed E-state index contributed by atoms with van der Waals surface area (Å²) in [6, 6.07) is 5.34. The molecule has 2 aromatic rings. The van der Waals surface area contributed by atoms with Crippen molar-refractivity contribution in [2.45, 2.75) is 19.9 Å². The molecule has 0 aliphatic carbocycles. The smallest absolute Gasteiger partial charge is 0.255 e. The van der Waals surface area contributed by atoms with Crippen LogP contribution in [0.5, 0.6) is 0 Å². The number of aromatic nitrogens is 1. The maximum absolute atomic E-state index is 12.1. The Morgan fingerprint density at radius 1 is 1.41 bits per heavy atom. The minimum atomic E-state index is -0.269. The van der Waals surface area contributed by atoms with Crippen molar-refractivity contribution in [2.75, 3.05) is 0 Å². The van der Waals surface area contributed by atoms with Crippen LogP contribution in [-0.4, -0.2) is 4.57 Å². The molecule has 0 aliphatic heterocycles. The Kier molecular flexibility index (Phi) is 2.98. The molecule has 3 nitrogen and oxygen atoms in total. The first kappa shape index (κ1) is 12.1. The Labute approximate surface area is 105 Å². The topological polar surface area (TPSA) is 48.0 Å². The second-order valence-electron chi connectivity index (χ2n) is 4.36. The summed E-state index contributed by atoms with van der Waals surface area (Å²) >= 11 is 6.07. The first-order chi connectivity index (χ1) is 7.93. The number of nitrogens with zero attached hydrogens (tertiary/aromatic N) is 1. The summed E-state index contributed by atoms with van der Waals surface area (Å²) < 4.78 is 1.62. The van der Waals surface area contributed by atoms with Gasteiger partial charge in [-0.3, -0.25) is 4.79 Å². The fraction of sp³-hybridized carbons (Fsp3) is 0.308. The monoisotopic (exact) mass is 250 g/mol. The summed E-state index contributed by atoms with van der Waals surface area (Å²) in [6.07, 6.45) is 0. The number of nitrogens with two attached hydrogens (primary N) is 1. The van der Waals surface area contributed by atoms with Crippen LogP contribution in [0.4, 0.5) is 0 Å². The molecular formula is C13H15ClN2O. The third-order valence-electron chi connectivity index (χ3n) is 3.08. The van der Waals surface area contributed by atoms with Gasteiger partial charge in [-0.1, -0.05) is 17.7 Å². The van der Waals surface area contributed by atoms with Crippen LogP contribution in [0.3, 0.4) is 0 Å². The molecule has 1 unspecified atom stereocenters. The van der Waals surface area contributed by atoms with E-state index in [0.29, 0.717) is 10.6 Å². The van der Waals surface area contributed by atoms with E-state index in [1.54, 1.807) is 11.6 Å². The van der Waals surface area contributed by atoms with Gasteiger partial charge in [0.05, 0.1) is 5.52 Å². The van der Waals surface area contributed by atoms with Gasteiger partial charge in [0.15, 0.2) is 0 Å². The summed E-state index contributed by atoms with van der Waals surface area (Å²) in [4.78, 5) is 12.1. The molecule has 0 radical (unpaired) electrons. The van der Waals surface area contributed by atoms with Crippen LogP contribution in [-0.2, 0) is 7.05 Å². The molecule has 0 spiro atoms. The molecule has 0 bridgehead atoms. The third-order valence-corrected chi connectivity index (χ3v) is 3.49. The molecule has 0 saturated heterocycles. The van der Waals surface area contributed by atoms with Gasteiger partial charge in [-0.05, 0) is 36.9 Å². The van der Waals surface area contributed by atoms with Gasteiger partial charge in [-0.2, -0.15) is 0 Å². The van der Waals surface area contributed by atoms with E-state index in [9.17, 15) is 4.79 Å². The maximum atomic E-state index is 12.1. The number of halogens is 1. The molecule has 0 aliphatic rings. The third kappa shape index (κ3) is 1.85. The molecule has 0 fully saturated rings. The Hall–Kier alpha value is -1.32. The normalized spacial score (nSPS) is 13.0. The van der Waals surface area contributed by atoms with Crippen LogP contribution in [0.15, 0.2) is 23.0 Å². The minimum Gasteiger partial charge on any atom is -0.324 e. The Balaban J connectivity index is 2.96. The second-order valence-corrected chi connectivity index (χ2v) is 4.77. The fourth-order valence-electron chi connectivity index (χ4n) is 2.11. The Morgan fingerprint density at radius 2 is 2.06 bits per heavy atom. The standard InChI is InChI=1S/C13H15ClN2O/c1-7-11(14)5-4-9-6-10(8(2)15)13(17)16(3)12(7)9/h4-6,8H,15H2,1-3H3. The molecule has 2 rings (SSSR count). The van der Waals surface area contributed by atoms with Gasteiger partial charge < -0.3 is 10.3 Å². The van der Waals surface area contributed by atoms with E-state index < -0.39 is 0 Å². The SMILES string of the molecule is Cc1c(Cl)ccc2cc(C(C)N)c(=O)n(C)c12. The van der Waals surface area contributed by atoms with E-state index in [1.165, 1.54) is 0 Å². The van der Waals surface area contributed by atoms with Crippen molar-refractivity contribution in [1.82, 2.24) is 4.57 Å². The summed E-state index contributed by atoms with van der Waals surface area (Å²) in [5.41, 5.74) is 8.16. The van der Waals surface area contributed by atoms with Crippen molar-refractivity contribution in [3.63, 3.8) is 0 Å². The summed E-state index contributed by atoms with van der Waals surface area (Å²) in [7, 11) is 1.75. The molecule has 1 aromatic heterocycles. The zero-order valence-electron chi connectivity index (χ0n) is 10.1. The van der Waals surface area contributed by atoms with Crippen LogP contribution in [0.2, 0.25) is 5.02 Å². The van der Waals surface area contributed by atoms with Crippen molar-refractivity contribution in [1.29, 1.82) is 0 Å². The van der Waals surface area contributed by atoms with Gasteiger partial charge in [0.2, 0.25) is 0 Å². The Bertz CT molecular complexity index is 644. The van der Waals surface area contributed by atoms with E-state index in [-0.39, 0.29) is 11.6 Å². The molecule has 17 heavy (non-hydrogen) atoms. The molecule has 90 valence electrons. The number of pyridine rings is 1. The molecule has 0 amide bonds. The maximum Gasteiger partial charge on any atom is 0.255 e. The van der Waals surface area contributed by atoms with Gasteiger partial charge in [-0.25, -0.2) is 0 Å². The minimum absolute atomic E-state index is 0.0575. The molecule has 1 heterocycles. The lowest BCUT2D eigenvalue weighted by Crippen LogP contribution is -2.25. The number of benzene rings is 1. The van der Waals surface area contributed by atoms with E-state index >= 15 is 0 Å². The number of fused-ring (bicyclic) bond motifs is 1. The van der Waals surface area contributed by atoms with Gasteiger partial charge in [0.1, 0.15) is 0 Å². The number of hydrogen-bond donors (Lipinski definition) is 1. The molecule has 4 heteroatoms. The first-order valence-electron chi connectivity index (χ1n) is 5.47. The average molecular weight is 251 g/mol. The van der Waals surface area contributed by atoms with Gasteiger partial charge >= 0.3 is 0 Å². The summed E-state index contributed by atoms with van der Waals surface area (Å²) in [5.74, 6) is 0. The highest BCUT2D eigenvalue weighted by atomic mass is 35.5. The van der Waals surface area contributed by atoms with Crippen LogP contribution >= 0.6 is 11.6 Å². The highest BCUT2D eigenvalue weighted by Crippen LogP contribution is 2.25. The van der Waals surface area contributed by atoms with Crippen LogP contribution in [0, 0.1) is 6.92 Å². The predicted molar refractivity (Wildman–Crippen MR) is 71.5 cm³/mol. The lowest BCUT2D eigenvalue weighted by atomic mass is 10.1. The zero-order chi connectivity index (χ0) is 12.7. The fourth-order valence-corrected chi connectivity index (χ4v) is 2.26. The lowest BCUT2D eigenvalue weighted by molar-refractivity contribution is 0.771. The predicted octanol–water partition coefficient (Wildman–Crippen LogP) is 2.52. The van der Waals surface area contributed by atoms with Crippen LogP contribution < -0.4 is 11.3 Å². The summed E-state index contributed by atoms with van der Waals surface area (Å²) in [6.45, 7) is 3.72. The number of aryl methyl sites for hydroxylation is 2.